The van der Waals surface area contributed by atoms with Gasteiger partial charge in [0.2, 0.25) is 10.0 Å². The first-order valence-electron chi connectivity index (χ1n) is 5.88. The van der Waals surface area contributed by atoms with E-state index in [1.54, 1.807) is 18.2 Å². The minimum absolute atomic E-state index is 0.0769. The lowest BCUT2D eigenvalue weighted by Crippen LogP contribution is -2.21. The number of aryl methyl sites for hydroxylation is 1. The highest BCUT2D eigenvalue weighted by Gasteiger charge is 2.13. The van der Waals surface area contributed by atoms with Crippen LogP contribution in [0.5, 0.6) is 0 Å². The van der Waals surface area contributed by atoms with Crippen LogP contribution in [0.15, 0.2) is 32.9 Å². The molecule has 2 heterocycles. The van der Waals surface area contributed by atoms with Crippen LogP contribution >= 0.6 is 11.3 Å². The van der Waals surface area contributed by atoms with E-state index in [0.717, 1.165) is 23.5 Å². The minimum Gasteiger partial charge on any atom is -0.456 e. The molecule has 8 heteroatoms. The molecule has 2 aromatic heterocycles. The number of sulfonamides is 1. The summed E-state index contributed by atoms with van der Waals surface area (Å²) in [6.07, 6.45) is 0.718. The van der Waals surface area contributed by atoms with Crippen molar-refractivity contribution in [2.45, 2.75) is 24.1 Å². The van der Waals surface area contributed by atoms with E-state index < -0.39 is 10.0 Å². The van der Waals surface area contributed by atoms with E-state index in [1.165, 1.54) is 6.07 Å². The Bertz CT molecular complexity index is 715. The van der Waals surface area contributed by atoms with E-state index in [1.807, 2.05) is 6.92 Å². The van der Waals surface area contributed by atoms with E-state index in [9.17, 15) is 13.2 Å². The van der Waals surface area contributed by atoms with Crippen molar-refractivity contribution in [1.82, 2.24) is 5.32 Å². The molecule has 0 unspecified atom stereocenters. The number of primary sulfonamides is 1. The molecule has 2 aromatic rings. The van der Waals surface area contributed by atoms with Crippen LogP contribution in [0.3, 0.4) is 0 Å². The molecule has 0 bridgehead atoms. The van der Waals surface area contributed by atoms with Crippen molar-refractivity contribution in [1.29, 1.82) is 0 Å². The molecule has 1 amide bonds. The second kappa shape index (κ2) is 5.78. The second-order valence-electron chi connectivity index (χ2n) is 4.07. The van der Waals surface area contributed by atoms with E-state index >= 15 is 0 Å². The Morgan fingerprint density at radius 3 is 2.65 bits per heavy atom. The molecule has 0 aliphatic rings. The van der Waals surface area contributed by atoms with Gasteiger partial charge in [0.25, 0.3) is 5.91 Å². The number of nitrogens with two attached hydrogens (primary N) is 1. The van der Waals surface area contributed by atoms with Crippen molar-refractivity contribution >= 4 is 27.3 Å². The molecule has 0 radical (unpaired) electrons. The van der Waals surface area contributed by atoms with Gasteiger partial charge in [-0.1, -0.05) is 6.92 Å². The van der Waals surface area contributed by atoms with Crippen molar-refractivity contribution in [2.75, 3.05) is 0 Å². The maximum Gasteiger partial charge on any atom is 0.287 e. The van der Waals surface area contributed by atoms with Gasteiger partial charge in [-0.2, -0.15) is 0 Å². The molecular formula is C12H14N2O4S2. The quantitative estimate of drug-likeness (QED) is 0.872. The van der Waals surface area contributed by atoms with Gasteiger partial charge in [0.15, 0.2) is 5.76 Å². The Labute approximate surface area is 120 Å². The van der Waals surface area contributed by atoms with E-state index in [2.05, 4.69) is 5.32 Å². The average molecular weight is 314 g/mol. The second-order valence-corrected chi connectivity index (χ2v) is 7.02. The summed E-state index contributed by atoms with van der Waals surface area (Å²) in [6, 6.07) is 6.39. The predicted molar refractivity (Wildman–Crippen MR) is 74.9 cm³/mol. The Morgan fingerprint density at radius 1 is 1.35 bits per heavy atom. The average Bonchev–Trinajstić information content (AvgIpc) is 3.04. The lowest BCUT2D eigenvalue weighted by molar-refractivity contribution is 0.0922. The zero-order chi connectivity index (χ0) is 14.8. The molecule has 0 fully saturated rings. The first-order valence-corrected chi connectivity index (χ1v) is 8.25. The molecule has 0 spiro atoms. The molecule has 2 rings (SSSR count). The lowest BCUT2D eigenvalue weighted by atomic mass is 10.3. The van der Waals surface area contributed by atoms with Crippen molar-refractivity contribution in [3.05, 3.63) is 40.7 Å². The van der Waals surface area contributed by atoms with Crippen LogP contribution in [0.4, 0.5) is 0 Å². The van der Waals surface area contributed by atoms with Crippen LogP contribution in [0, 0.1) is 0 Å². The van der Waals surface area contributed by atoms with Gasteiger partial charge in [0.05, 0.1) is 6.54 Å². The number of thiophene rings is 1. The fraction of sp³-hybridized carbons (Fsp3) is 0.250. The Kier molecular flexibility index (Phi) is 4.26. The summed E-state index contributed by atoms with van der Waals surface area (Å²) in [7, 11) is -3.69. The van der Waals surface area contributed by atoms with Gasteiger partial charge in [0, 0.05) is 11.3 Å². The maximum absolute atomic E-state index is 11.8. The van der Waals surface area contributed by atoms with Gasteiger partial charge >= 0.3 is 0 Å². The molecule has 20 heavy (non-hydrogen) atoms. The number of carbonyl (C=O) groups excluding carboxylic acids is 1. The van der Waals surface area contributed by atoms with Crippen molar-refractivity contribution in [3.8, 4) is 0 Å². The fourth-order valence-corrected chi connectivity index (χ4v) is 3.27. The van der Waals surface area contributed by atoms with Crippen LogP contribution in [0.1, 0.15) is 28.1 Å². The lowest BCUT2D eigenvalue weighted by Gasteiger charge is -2.00. The Morgan fingerprint density at radius 2 is 2.10 bits per heavy atom. The molecule has 6 nitrogen and oxygen atoms in total. The van der Waals surface area contributed by atoms with Gasteiger partial charge in [-0.15, -0.1) is 11.3 Å². The number of hydrogen-bond acceptors (Lipinski definition) is 5. The predicted octanol–water partition coefficient (Wildman–Crippen LogP) is 1.48. The number of nitrogens with one attached hydrogen (secondary N) is 1. The standard InChI is InChI=1S/C12H14N2O4S2/c1-2-8-3-5-10(18-8)12(15)14-7-9-4-6-11(19-9)20(13,16)17/h3-6H,2,7H2,1H3,(H,14,15)(H2,13,16,17). The van der Waals surface area contributed by atoms with Crippen molar-refractivity contribution < 1.29 is 17.6 Å². The van der Waals surface area contributed by atoms with E-state index in [-0.39, 0.29) is 22.4 Å². The summed E-state index contributed by atoms with van der Waals surface area (Å²) >= 11 is 1.03. The van der Waals surface area contributed by atoms with Crippen LogP contribution in [-0.2, 0) is 23.0 Å². The van der Waals surface area contributed by atoms with Crippen LogP contribution in [-0.4, -0.2) is 14.3 Å². The molecule has 0 saturated carbocycles. The molecule has 0 aliphatic carbocycles. The largest absolute Gasteiger partial charge is 0.456 e. The van der Waals surface area contributed by atoms with E-state index in [4.69, 9.17) is 9.56 Å². The number of carbonyl (C=O) groups is 1. The number of amides is 1. The van der Waals surface area contributed by atoms with Gasteiger partial charge in [-0.3, -0.25) is 4.79 Å². The van der Waals surface area contributed by atoms with Gasteiger partial charge in [-0.05, 0) is 24.3 Å². The van der Waals surface area contributed by atoms with Crippen molar-refractivity contribution in [3.63, 3.8) is 0 Å². The molecular weight excluding hydrogens is 300 g/mol. The summed E-state index contributed by atoms with van der Waals surface area (Å²) in [6.45, 7) is 2.15. The Hall–Kier alpha value is -1.64. The third kappa shape index (κ3) is 3.47. The zero-order valence-corrected chi connectivity index (χ0v) is 12.4. The van der Waals surface area contributed by atoms with Crippen molar-refractivity contribution in [2.24, 2.45) is 5.14 Å². The van der Waals surface area contributed by atoms with Crippen LogP contribution < -0.4 is 10.5 Å². The molecule has 0 saturated heterocycles. The van der Waals surface area contributed by atoms with Gasteiger partial charge in [-0.25, -0.2) is 13.6 Å². The fourth-order valence-electron chi connectivity index (χ4n) is 1.55. The number of rotatable bonds is 5. The normalized spacial score (nSPS) is 11.5. The molecule has 0 atom stereocenters. The topological polar surface area (TPSA) is 102 Å². The minimum atomic E-state index is -3.69. The highest BCUT2D eigenvalue weighted by molar-refractivity contribution is 7.91. The zero-order valence-electron chi connectivity index (χ0n) is 10.8. The Balaban J connectivity index is 1.98. The summed E-state index contributed by atoms with van der Waals surface area (Å²) in [4.78, 5) is 12.5. The summed E-state index contributed by atoms with van der Waals surface area (Å²) < 4.78 is 27.6. The van der Waals surface area contributed by atoms with E-state index in [0.29, 0.717) is 4.88 Å². The third-order valence-corrected chi connectivity index (χ3v) is 5.10. The molecule has 0 aromatic carbocycles. The number of furan rings is 1. The first-order chi connectivity index (χ1) is 9.40. The van der Waals surface area contributed by atoms with Gasteiger partial charge < -0.3 is 9.73 Å². The van der Waals surface area contributed by atoms with Gasteiger partial charge in [0.1, 0.15) is 9.97 Å². The summed E-state index contributed by atoms with van der Waals surface area (Å²) in [5.74, 6) is 0.642. The summed E-state index contributed by atoms with van der Waals surface area (Å²) in [5.41, 5.74) is 0. The third-order valence-electron chi connectivity index (χ3n) is 2.57. The molecule has 0 aliphatic heterocycles. The molecule has 108 valence electrons. The van der Waals surface area contributed by atoms with Crippen LogP contribution in [0.2, 0.25) is 0 Å². The highest BCUT2D eigenvalue weighted by atomic mass is 32.2. The maximum atomic E-state index is 11.8. The first kappa shape index (κ1) is 14.8. The number of hydrogen-bond donors (Lipinski definition) is 2. The SMILES string of the molecule is CCc1ccc(C(=O)NCc2ccc(S(N)(=O)=O)s2)o1. The summed E-state index contributed by atoms with van der Waals surface area (Å²) in [5, 5.41) is 7.67. The smallest absolute Gasteiger partial charge is 0.287 e. The highest BCUT2D eigenvalue weighted by Crippen LogP contribution is 2.20. The monoisotopic (exact) mass is 314 g/mol. The van der Waals surface area contributed by atoms with Crippen LogP contribution in [0.25, 0.3) is 0 Å². The molecule has 3 N–H and O–H groups in total.